The van der Waals surface area contributed by atoms with Crippen molar-refractivity contribution in [1.29, 1.82) is 0 Å². The molecular formula is C7H10O3. The molecule has 1 aliphatic carbocycles. The van der Waals surface area contributed by atoms with E-state index in [1.807, 2.05) is 0 Å². The molecule has 0 fully saturated rings. The number of rotatable bonds is 2. The molecule has 0 atom stereocenters. The summed E-state index contributed by atoms with van der Waals surface area (Å²) in [5.41, 5.74) is -0.903. The highest BCUT2D eigenvalue weighted by Crippen LogP contribution is 2.28. The third kappa shape index (κ3) is 0.874. The second-order valence-electron chi connectivity index (χ2n) is 2.57. The van der Waals surface area contributed by atoms with Gasteiger partial charge in [0.1, 0.15) is 0 Å². The van der Waals surface area contributed by atoms with Crippen LogP contribution in [0, 0.1) is 5.41 Å². The Morgan fingerprint density at radius 1 is 1.50 bits per heavy atom. The molecule has 0 saturated heterocycles. The summed E-state index contributed by atoms with van der Waals surface area (Å²) in [5.74, 6) is -0.169. The molecule has 0 spiro atoms. The Morgan fingerprint density at radius 3 is 2.30 bits per heavy atom. The molecule has 0 aromatic rings. The van der Waals surface area contributed by atoms with Crippen LogP contribution in [0.2, 0.25) is 0 Å². The predicted octanol–water partition coefficient (Wildman–Crippen LogP) is -0.514. The van der Waals surface area contributed by atoms with Crippen molar-refractivity contribution in [2.24, 2.45) is 5.41 Å². The first-order chi connectivity index (χ1) is 4.75. The van der Waals surface area contributed by atoms with E-state index in [2.05, 4.69) is 0 Å². The number of aliphatic hydroxyl groups excluding tert-OH is 2. The second-order valence-corrected chi connectivity index (χ2v) is 2.57. The van der Waals surface area contributed by atoms with Gasteiger partial charge in [0.15, 0.2) is 5.78 Å². The van der Waals surface area contributed by atoms with Crippen LogP contribution in [0.5, 0.6) is 0 Å². The fourth-order valence-corrected chi connectivity index (χ4v) is 1.00. The van der Waals surface area contributed by atoms with Crippen LogP contribution in [0.1, 0.15) is 6.42 Å². The number of carbonyl (C=O) groups is 1. The Bertz CT molecular complexity index is 168. The third-order valence-corrected chi connectivity index (χ3v) is 1.91. The number of allylic oxidation sites excluding steroid dienone is 2. The van der Waals surface area contributed by atoms with E-state index < -0.39 is 5.41 Å². The molecule has 0 aromatic carbocycles. The molecule has 2 N–H and O–H groups in total. The molecule has 1 aliphatic rings. The maximum Gasteiger partial charge on any atom is 0.166 e. The molecule has 1 rings (SSSR count). The summed E-state index contributed by atoms with van der Waals surface area (Å²) >= 11 is 0. The summed E-state index contributed by atoms with van der Waals surface area (Å²) in [6.45, 7) is -0.537. The number of carbonyl (C=O) groups excluding carboxylic acids is 1. The van der Waals surface area contributed by atoms with Crippen molar-refractivity contribution in [3.63, 3.8) is 0 Å². The molecule has 0 unspecified atom stereocenters. The zero-order valence-corrected chi connectivity index (χ0v) is 5.58. The van der Waals surface area contributed by atoms with E-state index in [1.165, 1.54) is 6.08 Å². The van der Waals surface area contributed by atoms with E-state index in [-0.39, 0.29) is 19.0 Å². The van der Waals surface area contributed by atoms with E-state index in [4.69, 9.17) is 10.2 Å². The molecule has 0 aromatic heterocycles. The maximum atomic E-state index is 11.0. The van der Waals surface area contributed by atoms with E-state index in [1.54, 1.807) is 6.08 Å². The SMILES string of the molecule is O=C1C=CCC1(CO)CO. The van der Waals surface area contributed by atoms with Crippen molar-refractivity contribution in [3.05, 3.63) is 12.2 Å². The average Bonchev–Trinajstić information content (AvgIpc) is 2.32. The summed E-state index contributed by atoms with van der Waals surface area (Å²) in [5, 5.41) is 17.5. The van der Waals surface area contributed by atoms with Gasteiger partial charge in [0, 0.05) is 0 Å². The van der Waals surface area contributed by atoms with E-state index in [0.717, 1.165) is 0 Å². The van der Waals surface area contributed by atoms with Gasteiger partial charge in [-0.1, -0.05) is 6.08 Å². The van der Waals surface area contributed by atoms with Crippen LogP contribution in [0.15, 0.2) is 12.2 Å². The molecule has 3 nitrogen and oxygen atoms in total. The minimum absolute atomic E-state index is 0.169. The van der Waals surface area contributed by atoms with E-state index >= 15 is 0 Å². The molecule has 10 heavy (non-hydrogen) atoms. The van der Waals surface area contributed by atoms with Gasteiger partial charge in [-0.3, -0.25) is 4.79 Å². The van der Waals surface area contributed by atoms with Crippen molar-refractivity contribution in [2.45, 2.75) is 6.42 Å². The Balaban J connectivity index is 2.76. The van der Waals surface area contributed by atoms with E-state index in [9.17, 15) is 4.79 Å². The Kier molecular flexibility index (Phi) is 1.87. The lowest BCUT2D eigenvalue weighted by atomic mass is 9.86. The molecule has 0 aliphatic heterocycles. The van der Waals surface area contributed by atoms with Crippen LogP contribution in [-0.4, -0.2) is 29.2 Å². The van der Waals surface area contributed by atoms with Crippen LogP contribution in [-0.2, 0) is 4.79 Å². The fourth-order valence-electron chi connectivity index (χ4n) is 1.00. The lowest BCUT2D eigenvalue weighted by molar-refractivity contribution is -0.127. The second kappa shape index (κ2) is 2.52. The molecule has 0 saturated carbocycles. The van der Waals surface area contributed by atoms with Crippen LogP contribution in [0.4, 0.5) is 0 Å². The van der Waals surface area contributed by atoms with Gasteiger partial charge in [-0.25, -0.2) is 0 Å². The van der Waals surface area contributed by atoms with Gasteiger partial charge in [0.05, 0.1) is 18.6 Å². The lowest BCUT2D eigenvalue weighted by Gasteiger charge is -2.20. The van der Waals surface area contributed by atoms with Gasteiger partial charge in [0.25, 0.3) is 0 Å². The standard InChI is InChI=1S/C7H10O3/c8-4-7(5-9)3-1-2-6(7)10/h1-2,8-9H,3-5H2. The molecule has 56 valence electrons. The number of aliphatic hydroxyl groups is 2. The average molecular weight is 142 g/mol. The monoisotopic (exact) mass is 142 g/mol. The molecule has 0 heterocycles. The van der Waals surface area contributed by atoms with Crippen LogP contribution in [0.25, 0.3) is 0 Å². The van der Waals surface area contributed by atoms with E-state index in [0.29, 0.717) is 6.42 Å². The summed E-state index contributed by atoms with van der Waals surface area (Å²) in [6.07, 6.45) is 3.54. The zero-order chi connectivity index (χ0) is 7.61. The highest BCUT2D eigenvalue weighted by molar-refractivity contribution is 5.97. The topological polar surface area (TPSA) is 57.5 Å². The van der Waals surface area contributed by atoms with Crippen molar-refractivity contribution >= 4 is 5.78 Å². The normalized spacial score (nSPS) is 22.0. The van der Waals surface area contributed by atoms with Crippen molar-refractivity contribution in [3.8, 4) is 0 Å². The highest BCUT2D eigenvalue weighted by Gasteiger charge is 2.37. The number of ketones is 1. The Labute approximate surface area is 59.0 Å². The van der Waals surface area contributed by atoms with Gasteiger partial charge < -0.3 is 10.2 Å². The van der Waals surface area contributed by atoms with Crippen molar-refractivity contribution < 1.29 is 15.0 Å². The number of hydrogen-bond donors (Lipinski definition) is 2. The predicted molar refractivity (Wildman–Crippen MR) is 35.4 cm³/mol. The minimum Gasteiger partial charge on any atom is -0.395 e. The third-order valence-electron chi connectivity index (χ3n) is 1.91. The maximum absolute atomic E-state index is 11.0. The van der Waals surface area contributed by atoms with Crippen LogP contribution >= 0.6 is 0 Å². The molecule has 0 amide bonds. The smallest absolute Gasteiger partial charge is 0.166 e. The fraction of sp³-hybridized carbons (Fsp3) is 0.571. The van der Waals surface area contributed by atoms with Gasteiger partial charge >= 0.3 is 0 Å². The van der Waals surface area contributed by atoms with Crippen molar-refractivity contribution in [1.82, 2.24) is 0 Å². The summed E-state index contributed by atoms with van der Waals surface area (Å²) in [6, 6.07) is 0. The quantitative estimate of drug-likeness (QED) is 0.545. The first-order valence-electron chi connectivity index (χ1n) is 3.18. The van der Waals surface area contributed by atoms with Gasteiger partial charge in [-0.15, -0.1) is 0 Å². The summed E-state index contributed by atoms with van der Waals surface area (Å²) in [4.78, 5) is 11.0. The summed E-state index contributed by atoms with van der Waals surface area (Å²) in [7, 11) is 0. The minimum atomic E-state index is -0.903. The molecule has 0 bridgehead atoms. The van der Waals surface area contributed by atoms with Crippen LogP contribution in [0.3, 0.4) is 0 Å². The Hall–Kier alpha value is -0.670. The zero-order valence-electron chi connectivity index (χ0n) is 5.58. The first kappa shape index (κ1) is 7.44. The van der Waals surface area contributed by atoms with Gasteiger partial charge in [-0.05, 0) is 12.5 Å². The van der Waals surface area contributed by atoms with Crippen LogP contribution < -0.4 is 0 Å². The Morgan fingerprint density at radius 2 is 2.10 bits per heavy atom. The molecule has 3 heteroatoms. The highest BCUT2D eigenvalue weighted by atomic mass is 16.3. The lowest BCUT2D eigenvalue weighted by Crippen LogP contribution is -2.34. The molecular weight excluding hydrogens is 132 g/mol. The summed E-state index contributed by atoms with van der Waals surface area (Å²) < 4.78 is 0. The van der Waals surface area contributed by atoms with Crippen molar-refractivity contribution in [2.75, 3.05) is 13.2 Å². The van der Waals surface area contributed by atoms with Gasteiger partial charge in [0.2, 0.25) is 0 Å². The molecule has 0 radical (unpaired) electrons. The first-order valence-corrected chi connectivity index (χ1v) is 3.18. The number of hydrogen-bond acceptors (Lipinski definition) is 3. The van der Waals surface area contributed by atoms with Gasteiger partial charge in [-0.2, -0.15) is 0 Å². The largest absolute Gasteiger partial charge is 0.395 e.